The van der Waals surface area contributed by atoms with Gasteiger partial charge in [-0.1, -0.05) is 42.5 Å². The van der Waals surface area contributed by atoms with Gasteiger partial charge in [0.25, 0.3) is 11.7 Å². The summed E-state index contributed by atoms with van der Waals surface area (Å²) < 4.78 is 24.4. The van der Waals surface area contributed by atoms with Crippen molar-refractivity contribution in [3.05, 3.63) is 107 Å². The van der Waals surface area contributed by atoms with Gasteiger partial charge < -0.3 is 19.5 Å². The average molecular weight is 476 g/mol. The summed E-state index contributed by atoms with van der Waals surface area (Å²) >= 11 is 0. The van der Waals surface area contributed by atoms with Crippen LogP contribution in [0.15, 0.2) is 84.4 Å². The number of methoxy groups -OCH3 is 1. The van der Waals surface area contributed by atoms with Crippen LogP contribution in [0.4, 0.5) is 4.39 Å². The Balaban J connectivity index is 1.66. The fraction of sp³-hybridized carbons (Fsp3) is 0.214. The molecule has 1 saturated heterocycles. The molecule has 3 aromatic rings. The fourth-order valence-electron chi connectivity index (χ4n) is 4.09. The Kier molecular flexibility index (Phi) is 7.57. The van der Waals surface area contributed by atoms with Crippen LogP contribution in [0.5, 0.6) is 5.75 Å². The number of benzene rings is 3. The number of ether oxygens (including phenoxy) is 2. The van der Waals surface area contributed by atoms with Gasteiger partial charge in [-0.25, -0.2) is 4.39 Å². The van der Waals surface area contributed by atoms with Gasteiger partial charge >= 0.3 is 0 Å². The third-order valence-electron chi connectivity index (χ3n) is 5.85. The number of ketones is 1. The Morgan fingerprint density at radius 1 is 0.971 bits per heavy atom. The molecule has 1 aliphatic heterocycles. The fourth-order valence-corrected chi connectivity index (χ4v) is 4.09. The number of carbonyl (C=O) groups excluding carboxylic acids is 2. The van der Waals surface area contributed by atoms with E-state index in [0.717, 1.165) is 5.56 Å². The van der Waals surface area contributed by atoms with Crippen LogP contribution in [-0.4, -0.2) is 42.0 Å². The number of amides is 1. The molecule has 0 spiro atoms. The Labute approximate surface area is 203 Å². The summed E-state index contributed by atoms with van der Waals surface area (Å²) in [6, 6.07) is 21.2. The van der Waals surface area contributed by atoms with Crippen molar-refractivity contribution in [1.29, 1.82) is 0 Å². The summed E-state index contributed by atoms with van der Waals surface area (Å²) in [5, 5.41) is 11.0. The van der Waals surface area contributed by atoms with Gasteiger partial charge in [0.05, 0.1) is 11.6 Å². The molecule has 4 rings (SSSR count). The zero-order valence-electron chi connectivity index (χ0n) is 19.3. The lowest BCUT2D eigenvalue weighted by Crippen LogP contribution is -2.31. The molecule has 1 amide bonds. The van der Waals surface area contributed by atoms with E-state index in [4.69, 9.17) is 9.47 Å². The van der Waals surface area contributed by atoms with E-state index in [9.17, 15) is 19.1 Å². The normalized spacial score (nSPS) is 17.1. The molecule has 3 aromatic carbocycles. The van der Waals surface area contributed by atoms with Crippen LogP contribution in [0.25, 0.3) is 5.76 Å². The minimum atomic E-state index is -0.792. The highest BCUT2D eigenvalue weighted by atomic mass is 19.1. The quantitative estimate of drug-likeness (QED) is 0.207. The predicted molar refractivity (Wildman–Crippen MR) is 129 cm³/mol. The van der Waals surface area contributed by atoms with E-state index in [1.165, 1.54) is 29.2 Å². The van der Waals surface area contributed by atoms with Crippen molar-refractivity contribution in [2.24, 2.45) is 0 Å². The number of hydrogen-bond donors (Lipinski definition) is 1. The van der Waals surface area contributed by atoms with E-state index >= 15 is 0 Å². The third kappa shape index (κ3) is 5.41. The third-order valence-corrected chi connectivity index (χ3v) is 5.85. The van der Waals surface area contributed by atoms with Crippen LogP contribution in [0.3, 0.4) is 0 Å². The summed E-state index contributed by atoms with van der Waals surface area (Å²) in [6.45, 7) is 1.09. The number of hydrogen-bond acceptors (Lipinski definition) is 5. The summed E-state index contributed by atoms with van der Waals surface area (Å²) in [6.07, 6.45) is 0.523. The van der Waals surface area contributed by atoms with E-state index < -0.39 is 23.5 Å². The van der Waals surface area contributed by atoms with Crippen molar-refractivity contribution < 1.29 is 28.6 Å². The van der Waals surface area contributed by atoms with Crippen LogP contribution in [0.1, 0.15) is 29.2 Å². The van der Waals surface area contributed by atoms with Gasteiger partial charge in [-0.05, 0) is 53.9 Å². The standard InChI is InChI=1S/C28H26FNO5/c1-34-17-5-16-30-25(20-10-14-23(15-11-20)35-18-19-6-3-2-4-7-19)24(27(32)28(30)33)26(31)21-8-12-22(29)13-9-21/h2-4,6-15,25,31H,5,16-18H2,1H3/b26-24-. The minimum Gasteiger partial charge on any atom is -0.507 e. The second-order valence-corrected chi connectivity index (χ2v) is 8.19. The van der Waals surface area contributed by atoms with E-state index in [1.807, 2.05) is 30.3 Å². The van der Waals surface area contributed by atoms with Crippen molar-refractivity contribution in [2.75, 3.05) is 20.3 Å². The molecule has 0 saturated carbocycles. The maximum Gasteiger partial charge on any atom is 0.295 e. The number of rotatable bonds is 9. The van der Waals surface area contributed by atoms with Crippen molar-refractivity contribution in [3.63, 3.8) is 0 Å². The number of carbonyl (C=O) groups is 2. The molecule has 6 nitrogen and oxygen atoms in total. The first-order valence-corrected chi connectivity index (χ1v) is 11.3. The monoisotopic (exact) mass is 475 g/mol. The molecule has 0 radical (unpaired) electrons. The molecular weight excluding hydrogens is 449 g/mol. The van der Waals surface area contributed by atoms with E-state index in [-0.39, 0.29) is 23.4 Å². The molecule has 0 aliphatic carbocycles. The zero-order chi connectivity index (χ0) is 24.8. The second kappa shape index (κ2) is 11.0. The number of aliphatic hydroxyl groups excluding tert-OH is 1. The van der Waals surface area contributed by atoms with Crippen LogP contribution >= 0.6 is 0 Å². The predicted octanol–water partition coefficient (Wildman–Crippen LogP) is 4.86. The van der Waals surface area contributed by atoms with Gasteiger partial charge in [0.1, 0.15) is 23.9 Å². The Hall–Kier alpha value is -3.97. The lowest BCUT2D eigenvalue weighted by Gasteiger charge is -2.25. The number of likely N-dealkylation sites (tertiary alicyclic amines) is 1. The Bertz CT molecular complexity index is 1210. The van der Waals surface area contributed by atoms with Crippen LogP contribution in [0.2, 0.25) is 0 Å². The largest absolute Gasteiger partial charge is 0.507 e. The molecule has 1 aliphatic rings. The molecule has 0 bridgehead atoms. The van der Waals surface area contributed by atoms with Crippen molar-refractivity contribution in [3.8, 4) is 5.75 Å². The van der Waals surface area contributed by atoms with Crippen LogP contribution in [-0.2, 0) is 20.9 Å². The zero-order valence-corrected chi connectivity index (χ0v) is 19.3. The van der Waals surface area contributed by atoms with Gasteiger partial charge in [-0.2, -0.15) is 0 Å². The maximum absolute atomic E-state index is 13.4. The van der Waals surface area contributed by atoms with E-state index in [1.54, 1.807) is 31.4 Å². The number of halogens is 1. The smallest absolute Gasteiger partial charge is 0.295 e. The summed E-state index contributed by atoms with van der Waals surface area (Å²) in [4.78, 5) is 27.4. The number of Topliss-reactive ketones (excluding diaryl/α,β-unsaturated/α-hetero) is 1. The molecule has 0 aromatic heterocycles. The molecular formula is C28H26FNO5. The molecule has 35 heavy (non-hydrogen) atoms. The van der Waals surface area contributed by atoms with Crippen LogP contribution < -0.4 is 4.74 Å². The molecule has 1 atom stereocenters. The van der Waals surface area contributed by atoms with Gasteiger partial charge in [-0.15, -0.1) is 0 Å². The summed E-state index contributed by atoms with van der Waals surface area (Å²) in [5.74, 6) is -1.65. The summed E-state index contributed by atoms with van der Waals surface area (Å²) in [7, 11) is 1.56. The van der Waals surface area contributed by atoms with Crippen molar-refractivity contribution >= 4 is 17.4 Å². The van der Waals surface area contributed by atoms with Crippen molar-refractivity contribution in [1.82, 2.24) is 4.90 Å². The highest BCUT2D eigenvalue weighted by Gasteiger charge is 2.45. The van der Waals surface area contributed by atoms with Gasteiger partial charge in [0.2, 0.25) is 0 Å². The molecule has 180 valence electrons. The van der Waals surface area contributed by atoms with Gasteiger partial charge in [0, 0.05) is 25.8 Å². The minimum absolute atomic E-state index is 0.0306. The average Bonchev–Trinajstić information content (AvgIpc) is 3.13. The van der Waals surface area contributed by atoms with E-state index in [2.05, 4.69) is 0 Å². The first kappa shape index (κ1) is 24.2. The molecule has 1 fully saturated rings. The summed E-state index contributed by atoms with van der Waals surface area (Å²) in [5.41, 5.74) is 1.91. The Morgan fingerprint density at radius 3 is 2.31 bits per heavy atom. The van der Waals surface area contributed by atoms with Crippen molar-refractivity contribution in [2.45, 2.75) is 19.1 Å². The first-order valence-electron chi connectivity index (χ1n) is 11.3. The highest BCUT2D eigenvalue weighted by Crippen LogP contribution is 2.40. The number of nitrogens with zero attached hydrogens (tertiary/aromatic N) is 1. The molecule has 7 heteroatoms. The topological polar surface area (TPSA) is 76.1 Å². The van der Waals surface area contributed by atoms with Crippen LogP contribution in [0, 0.1) is 5.82 Å². The Morgan fingerprint density at radius 2 is 1.66 bits per heavy atom. The highest BCUT2D eigenvalue weighted by molar-refractivity contribution is 6.46. The first-order chi connectivity index (χ1) is 17.0. The molecule has 1 N–H and O–H groups in total. The molecule has 1 unspecified atom stereocenters. The second-order valence-electron chi connectivity index (χ2n) is 8.19. The lowest BCUT2D eigenvalue weighted by atomic mass is 9.95. The SMILES string of the molecule is COCCCN1C(=O)C(=O)/C(=C(\O)c2ccc(F)cc2)C1c1ccc(OCc2ccccc2)cc1. The van der Waals surface area contributed by atoms with Gasteiger partial charge in [-0.3, -0.25) is 9.59 Å². The maximum atomic E-state index is 13.4. The number of aliphatic hydroxyl groups is 1. The molecule has 1 heterocycles. The van der Waals surface area contributed by atoms with E-state index in [0.29, 0.717) is 30.9 Å². The lowest BCUT2D eigenvalue weighted by molar-refractivity contribution is -0.140. The van der Waals surface area contributed by atoms with Gasteiger partial charge in [0.15, 0.2) is 0 Å².